The van der Waals surface area contributed by atoms with Crippen LogP contribution in [0.4, 0.5) is 0 Å². The number of rotatable bonds is 14. The van der Waals surface area contributed by atoms with Crippen LogP contribution in [0.25, 0.3) is 0 Å². The van der Waals surface area contributed by atoms with Crippen LogP contribution in [-0.2, 0) is 9.59 Å². The molecule has 22 heavy (non-hydrogen) atoms. The Morgan fingerprint density at radius 1 is 1.18 bits per heavy atom. The second-order valence-electron chi connectivity index (χ2n) is 5.44. The summed E-state index contributed by atoms with van der Waals surface area (Å²) in [4.78, 5) is 24.6. The maximum atomic E-state index is 11.4. The Labute approximate surface area is 133 Å². The van der Waals surface area contributed by atoms with Gasteiger partial charge in [0.2, 0.25) is 5.91 Å². The van der Waals surface area contributed by atoms with E-state index in [9.17, 15) is 14.7 Å². The summed E-state index contributed by atoms with van der Waals surface area (Å²) < 4.78 is 0. The lowest BCUT2D eigenvalue weighted by Gasteiger charge is -2.23. The summed E-state index contributed by atoms with van der Waals surface area (Å²) in [7, 11) is 0. The van der Waals surface area contributed by atoms with E-state index in [4.69, 9.17) is 5.73 Å². The van der Waals surface area contributed by atoms with Crippen molar-refractivity contribution in [1.82, 2.24) is 15.5 Å². The highest BCUT2D eigenvalue weighted by Gasteiger charge is 2.10. The molecule has 0 saturated heterocycles. The molecule has 0 aliphatic rings. The molecule has 0 radical (unpaired) electrons. The number of ketones is 1. The molecule has 1 atom stereocenters. The van der Waals surface area contributed by atoms with E-state index in [1.807, 2.05) is 6.92 Å². The monoisotopic (exact) mass is 316 g/mol. The highest BCUT2D eigenvalue weighted by Crippen LogP contribution is 1.97. The first-order valence-corrected chi connectivity index (χ1v) is 8.09. The van der Waals surface area contributed by atoms with E-state index in [-0.39, 0.29) is 11.7 Å². The van der Waals surface area contributed by atoms with Gasteiger partial charge in [0.15, 0.2) is 0 Å². The average Bonchev–Trinajstić information content (AvgIpc) is 2.47. The Morgan fingerprint density at radius 3 is 2.50 bits per heavy atom. The zero-order valence-corrected chi connectivity index (χ0v) is 13.9. The van der Waals surface area contributed by atoms with Crippen molar-refractivity contribution in [3.05, 3.63) is 0 Å². The molecule has 1 amide bonds. The summed E-state index contributed by atoms with van der Waals surface area (Å²) in [6.45, 7) is 7.12. The van der Waals surface area contributed by atoms with E-state index in [2.05, 4.69) is 15.5 Å². The van der Waals surface area contributed by atoms with E-state index >= 15 is 0 Å². The molecule has 0 saturated carbocycles. The molecule has 0 bridgehead atoms. The topological polar surface area (TPSA) is 108 Å². The molecule has 0 aliphatic heterocycles. The highest BCUT2D eigenvalue weighted by atomic mass is 16.3. The van der Waals surface area contributed by atoms with Crippen molar-refractivity contribution in [1.29, 1.82) is 0 Å². The number of nitrogens with zero attached hydrogens (tertiary/aromatic N) is 1. The van der Waals surface area contributed by atoms with Crippen LogP contribution in [0.15, 0.2) is 0 Å². The van der Waals surface area contributed by atoms with Gasteiger partial charge < -0.3 is 21.1 Å². The number of hydrogen-bond donors (Lipinski definition) is 4. The number of Topliss-reactive ketones (excluding diaryl/α,β-unsaturated/α-hetero) is 1. The van der Waals surface area contributed by atoms with Gasteiger partial charge in [0.05, 0.1) is 0 Å². The first-order chi connectivity index (χ1) is 10.5. The normalized spacial score (nSPS) is 12.4. The minimum absolute atomic E-state index is 0.0543. The molecule has 7 nitrogen and oxygen atoms in total. The van der Waals surface area contributed by atoms with Gasteiger partial charge in [-0.15, -0.1) is 0 Å². The van der Waals surface area contributed by atoms with Gasteiger partial charge in [-0.1, -0.05) is 6.92 Å². The SMILES string of the molecule is CCCC(=O)NCCN(CCC(C)=O)CCC(O)NCCN. The summed E-state index contributed by atoms with van der Waals surface area (Å²) in [6.07, 6.45) is 1.81. The second kappa shape index (κ2) is 13.6. The van der Waals surface area contributed by atoms with Crippen LogP contribution in [0, 0.1) is 0 Å². The van der Waals surface area contributed by atoms with E-state index < -0.39 is 6.23 Å². The first-order valence-electron chi connectivity index (χ1n) is 8.09. The van der Waals surface area contributed by atoms with Gasteiger partial charge >= 0.3 is 0 Å². The zero-order valence-electron chi connectivity index (χ0n) is 13.9. The van der Waals surface area contributed by atoms with Gasteiger partial charge in [-0.2, -0.15) is 0 Å². The summed E-state index contributed by atoms with van der Waals surface area (Å²) in [5.74, 6) is 0.195. The lowest BCUT2D eigenvalue weighted by molar-refractivity contribution is -0.121. The van der Waals surface area contributed by atoms with Crippen molar-refractivity contribution in [2.75, 3.05) is 39.3 Å². The van der Waals surface area contributed by atoms with Gasteiger partial charge in [0, 0.05) is 52.1 Å². The van der Waals surface area contributed by atoms with Crippen LogP contribution in [0.2, 0.25) is 0 Å². The number of carbonyl (C=O) groups is 2. The van der Waals surface area contributed by atoms with E-state index in [1.54, 1.807) is 6.92 Å². The minimum atomic E-state index is -0.599. The molecule has 0 aromatic rings. The van der Waals surface area contributed by atoms with Gasteiger partial charge in [0.25, 0.3) is 0 Å². The third kappa shape index (κ3) is 12.7. The van der Waals surface area contributed by atoms with Crippen molar-refractivity contribution in [2.24, 2.45) is 5.73 Å². The van der Waals surface area contributed by atoms with Gasteiger partial charge in [-0.25, -0.2) is 0 Å². The fourth-order valence-electron chi connectivity index (χ4n) is 1.98. The minimum Gasteiger partial charge on any atom is -0.379 e. The van der Waals surface area contributed by atoms with Crippen molar-refractivity contribution >= 4 is 11.7 Å². The van der Waals surface area contributed by atoms with Crippen molar-refractivity contribution in [3.63, 3.8) is 0 Å². The molecular weight excluding hydrogens is 284 g/mol. The van der Waals surface area contributed by atoms with Crippen LogP contribution in [0.5, 0.6) is 0 Å². The predicted molar refractivity (Wildman–Crippen MR) is 87.3 cm³/mol. The van der Waals surface area contributed by atoms with Crippen LogP contribution in [0.3, 0.4) is 0 Å². The van der Waals surface area contributed by atoms with E-state index in [0.29, 0.717) is 58.5 Å². The average molecular weight is 316 g/mol. The third-order valence-corrected chi connectivity index (χ3v) is 3.25. The third-order valence-electron chi connectivity index (χ3n) is 3.25. The number of amides is 1. The standard InChI is InChI=1S/C15H32N4O3/c1-3-4-14(21)18-9-12-19(10-5-13(2)20)11-6-15(22)17-8-7-16/h15,17,22H,3-12,16H2,1-2H3,(H,18,21). The molecule has 7 heteroatoms. The Bertz CT molecular complexity index is 313. The van der Waals surface area contributed by atoms with Crippen molar-refractivity contribution in [3.8, 4) is 0 Å². The molecule has 130 valence electrons. The predicted octanol–water partition coefficient (Wildman–Crippen LogP) is -0.559. The number of hydrogen-bond acceptors (Lipinski definition) is 6. The van der Waals surface area contributed by atoms with E-state index in [1.165, 1.54) is 0 Å². The Kier molecular flexibility index (Phi) is 13.0. The second-order valence-corrected chi connectivity index (χ2v) is 5.44. The number of nitrogens with one attached hydrogen (secondary N) is 2. The number of aliphatic hydroxyl groups excluding tert-OH is 1. The lowest BCUT2D eigenvalue weighted by Crippen LogP contribution is -2.40. The van der Waals surface area contributed by atoms with Gasteiger partial charge in [0.1, 0.15) is 12.0 Å². The van der Waals surface area contributed by atoms with Crippen LogP contribution < -0.4 is 16.4 Å². The van der Waals surface area contributed by atoms with Crippen LogP contribution >= 0.6 is 0 Å². The van der Waals surface area contributed by atoms with Crippen LogP contribution in [-0.4, -0.2) is 67.2 Å². The summed E-state index contributed by atoms with van der Waals surface area (Å²) in [6, 6.07) is 0. The molecule has 0 fully saturated rings. The van der Waals surface area contributed by atoms with Crippen molar-refractivity contribution in [2.45, 2.75) is 45.8 Å². The summed E-state index contributed by atoms with van der Waals surface area (Å²) in [5.41, 5.74) is 5.37. The molecule has 0 aromatic heterocycles. The Balaban J connectivity index is 4.08. The fraction of sp³-hybridized carbons (Fsp3) is 0.867. The Hall–Kier alpha value is -1.02. The Morgan fingerprint density at radius 2 is 1.91 bits per heavy atom. The highest BCUT2D eigenvalue weighted by molar-refractivity contribution is 5.76. The molecule has 0 rings (SSSR count). The largest absolute Gasteiger partial charge is 0.379 e. The van der Waals surface area contributed by atoms with Crippen LogP contribution in [0.1, 0.15) is 39.5 Å². The van der Waals surface area contributed by atoms with Gasteiger partial charge in [-0.3, -0.25) is 14.9 Å². The summed E-state index contributed by atoms with van der Waals surface area (Å²) >= 11 is 0. The number of aliphatic hydroxyl groups is 1. The number of carbonyl (C=O) groups excluding carboxylic acids is 2. The van der Waals surface area contributed by atoms with Gasteiger partial charge in [-0.05, 0) is 19.8 Å². The summed E-state index contributed by atoms with van der Waals surface area (Å²) in [5, 5.41) is 15.5. The maximum Gasteiger partial charge on any atom is 0.220 e. The smallest absolute Gasteiger partial charge is 0.220 e. The molecule has 0 aliphatic carbocycles. The lowest BCUT2D eigenvalue weighted by atomic mass is 10.2. The zero-order chi connectivity index (χ0) is 16.8. The molecule has 0 aromatic carbocycles. The fourth-order valence-corrected chi connectivity index (χ4v) is 1.98. The first kappa shape index (κ1) is 21.0. The quantitative estimate of drug-likeness (QED) is 0.320. The molecule has 0 spiro atoms. The molecule has 5 N–H and O–H groups in total. The molecule has 0 heterocycles. The van der Waals surface area contributed by atoms with Crippen molar-refractivity contribution < 1.29 is 14.7 Å². The van der Waals surface area contributed by atoms with E-state index in [0.717, 1.165) is 6.42 Å². The number of nitrogens with two attached hydrogens (primary N) is 1. The maximum absolute atomic E-state index is 11.4. The molecule has 1 unspecified atom stereocenters. The molecular formula is C15H32N4O3.